The van der Waals surface area contributed by atoms with Crippen molar-refractivity contribution in [1.29, 1.82) is 0 Å². The van der Waals surface area contributed by atoms with Gasteiger partial charge in [0, 0.05) is 6.54 Å². The Morgan fingerprint density at radius 1 is 1.47 bits per heavy atom. The van der Waals surface area contributed by atoms with Crippen molar-refractivity contribution in [2.75, 3.05) is 6.54 Å². The predicted octanol–water partition coefficient (Wildman–Crippen LogP) is 1.31. The Hall–Kier alpha value is -1.85. The summed E-state index contributed by atoms with van der Waals surface area (Å²) in [7, 11) is 0. The van der Waals surface area contributed by atoms with Gasteiger partial charge in [0.1, 0.15) is 17.4 Å². The highest BCUT2D eigenvalue weighted by Gasteiger charge is 2.49. The number of carbonyl (C=O) groups excluding carboxylic acids is 1. The lowest BCUT2D eigenvalue weighted by molar-refractivity contribution is -0.142. The van der Waals surface area contributed by atoms with E-state index in [9.17, 15) is 14.7 Å². The number of nitrogens with zero attached hydrogens (tertiary/aromatic N) is 2. The van der Waals surface area contributed by atoms with Gasteiger partial charge < -0.3 is 14.5 Å². The summed E-state index contributed by atoms with van der Waals surface area (Å²) >= 11 is 0. The molecule has 2 fully saturated rings. The number of carboxylic acid groups (broad SMARTS) is 1. The number of hydrogen-bond donors (Lipinski definition) is 1. The summed E-state index contributed by atoms with van der Waals surface area (Å²) in [6, 6.07) is -0.700. The van der Waals surface area contributed by atoms with Gasteiger partial charge in [-0.25, -0.2) is 4.79 Å². The highest BCUT2D eigenvalue weighted by atomic mass is 16.5. The molecule has 6 heteroatoms. The zero-order valence-corrected chi connectivity index (χ0v) is 10.7. The normalized spacial score (nSPS) is 29.5. The van der Waals surface area contributed by atoms with Crippen molar-refractivity contribution >= 4 is 11.9 Å². The van der Waals surface area contributed by atoms with Crippen LogP contribution in [0.2, 0.25) is 0 Å². The zero-order valence-electron chi connectivity index (χ0n) is 10.7. The fourth-order valence-electron chi connectivity index (χ4n) is 3.49. The van der Waals surface area contributed by atoms with E-state index in [4.69, 9.17) is 4.52 Å². The lowest BCUT2D eigenvalue weighted by Gasteiger charge is -2.23. The van der Waals surface area contributed by atoms with Crippen LogP contribution in [0.3, 0.4) is 0 Å². The number of aliphatic carboxylic acids is 1. The number of aromatic nitrogens is 1. The van der Waals surface area contributed by atoms with E-state index in [1.165, 1.54) is 11.1 Å². The van der Waals surface area contributed by atoms with Crippen molar-refractivity contribution in [2.45, 2.75) is 32.2 Å². The van der Waals surface area contributed by atoms with E-state index in [-0.39, 0.29) is 11.8 Å². The number of aryl methyl sites for hydroxylation is 1. The third-order valence-electron chi connectivity index (χ3n) is 4.39. The maximum Gasteiger partial charge on any atom is 0.326 e. The van der Waals surface area contributed by atoms with Gasteiger partial charge in [-0.15, -0.1) is 0 Å². The van der Waals surface area contributed by atoms with Gasteiger partial charge in [-0.05, 0) is 31.6 Å². The molecule has 0 spiro atoms. The molecule has 0 bridgehead atoms. The molecule has 19 heavy (non-hydrogen) atoms. The van der Waals surface area contributed by atoms with Crippen molar-refractivity contribution in [3.63, 3.8) is 0 Å². The van der Waals surface area contributed by atoms with E-state index in [2.05, 4.69) is 5.16 Å². The average Bonchev–Trinajstić information content (AvgIpc) is 3.00. The number of carboxylic acids is 1. The summed E-state index contributed by atoms with van der Waals surface area (Å²) in [5, 5.41) is 13.0. The predicted molar refractivity (Wildman–Crippen MR) is 64.5 cm³/mol. The monoisotopic (exact) mass is 264 g/mol. The first-order valence-corrected chi connectivity index (χ1v) is 6.54. The van der Waals surface area contributed by atoms with Crippen molar-refractivity contribution in [3.05, 3.63) is 17.5 Å². The van der Waals surface area contributed by atoms with Crippen LogP contribution < -0.4 is 0 Å². The Balaban J connectivity index is 1.90. The minimum atomic E-state index is -0.906. The van der Waals surface area contributed by atoms with Crippen molar-refractivity contribution in [1.82, 2.24) is 10.1 Å². The molecule has 102 valence electrons. The zero-order chi connectivity index (χ0) is 13.6. The molecule has 0 radical (unpaired) electrons. The summed E-state index contributed by atoms with van der Waals surface area (Å²) in [4.78, 5) is 25.4. The molecule has 2 heterocycles. The molecular weight excluding hydrogens is 248 g/mol. The van der Waals surface area contributed by atoms with Gasteiger partial charge in [0.15, 0.2) is 0 Å². The van der Waals surface area contributed by atoms with E-state index in [0.717, 1.165) is 19.3 Å². The van der Waals surface area contributed by atoms with E-state index < -0.39 is 12.0 Å². The van der Waals surface area contributed by atoms with Crippen LogP contribution in [-0.4, -0.2) is 39.6 Å². The van der Waals surface area contributed by atoms with Crippen molar-refractivity contribution in [2.24, 2.45) is 11.8 Å². The summed E-state index contributed by atoms with van der Waals surface area (Å²) in [6.45, 7) is 2.19. The molecule has 1 N–H and O–H groups in total. The maximum absolute atomic E-state index is 12.4. The average molecular weight is 264 g/mol. The van der Waals surface area contributed by atoms with E-state index in [1.807, 2.05) is 0 Å². The standard InChI is InChI=1S/C13H16N2O4/c1-7-10(5-14-19-7)12(16)15-6-8-3-2-4-9(8)11(15)13(17)18/h5,8-9,11H,2-4,6H2,1H3,(H,17,18). The maximum atomic E-state index is 12.4. The van der Waals surface area contributed by atoms with Crippen LogP contribution in [0.25, 0.3) is 0 Å². The number of carbonyl (C=O) groups is 2. The summed E-state index contributed by atoms with van der Waals surface area (Å²) < 4.78 is 4.89. The number of amides is 1. The smallest absolute Gasteiger partial charge is 0.326 e. The Labute approximate surface area is 110 Å². The minimum Gasteiger partial charge on any atom is -0.480 e. The third kappa shape index (κ3) is 1.82. The molecule has 1 saturated heterocycles. The fourth-order valence-corrected chi connectivity index (χ4v) is 3.49. The minimum absolute atomic E-state index is 0.0987. The molecule has 1 aliphatic carbocycles. The molecule has 1 saturated carbocycles. The van der Waals surface area contributed by atoms with Crippen molar-refractivity contribution < 1.29 is 19.2 Å². The number of likely N-dealkylation sites (tertiary alicyclic amines) is 1. The van der Waals surface area contributed by atoms with Crippen LogP contribution >= 0.6 is 0 Å². The van der Waals surface area contributed by atoms with Crippen LogP contribution in [0, 0.1) is 18.8 Å². The molecule has 1 aliphatic heterocycles. The van der Waals surface area contributed by atoms with Gasteiger partial charge in [-0.2, -0.15) is 0 Å². The summed E-state index contributed by atoms with van der Waals surface area (Å²) in [5.74, 6) is -0.324. The van der Waals surface area contributed by atoms with E-state index >= 15 is 0 Å². The van der Waals surface area contributed by atoms with Gasteiger partial charge in [-0.3, -0.25) is 4.79 Å². The molecule has 0 aromatic carbocycles. The molecule has 6 nitrogen and oxygen atoms in total. The second-order valence-electron chi connectivity index (χ2n) is 5.39. The van der Waals surface area contributed by atoms with Crippen molar-refractivity contribution in [3.8, 4) is 0 Å². The molecule has 3 atom stereocenters. The molecule has 1 aromatic rings. The highest BCUT2D eigenvalue weighted by Crippen LogP contribution is 2.42. The SMILES string of the molecule is Cc1oncc1C(=O)N1CC2CCCC2C1C(=O)O. The van der Waals surface area contributed by atoms with Crippen LogP contribution in [0.1, 0.15) is 35.4 Å². The van der Waals surface area contributed by atoms with Gasteiger partial charge in [-0.1, -0.05) is 11.6 Å². The fraction of sp³-hybridized carbons (Fsp3) is 0.615. The number of rotatable bonds is 2. The molecule has 3 rings (SSSR count). The summed E-state index contributed by atoms with van der Waals surface area (Å²) in [6.07, 6.45) is 4.34. The Morgan fingerprint density at radius 3 is 2.89 bits per heavy atom. The molecule has 2 aliphatic rings. The second kappa shape index (κ2) is 4.36. The molecule has 1 amide bonds. The topological polar surface area (TPSA) is 83.6 Å². The van der Waals surface area contributed by atoms with Crippen LogP contribution in [0.4, 0.5) is 0 Å². The van der Waals surface area contributed by atoms with Gasteiger partial charge in [0.05, 0.1) is 6.20 Å². The Kier molecular flexibility index (Phi) is 2.80. The Bertz CT molecular complexity index is 524. The first-order chi connectivity index (χ1) is 9.09. The quantitative estimate of drug-likeness (QED) is 0.870. The van der Waals surface area contributed by atoms with Gasteiger partial charge in [0.2, 0.25) is 0 Å². The number of fused-ring (bicyclic) bond motifs is 1. The van der Waals surface area contributed by atoms with Crippen LogP contribution in [0.15, 0.2) is 10.7 Å². The lowest BCUT2D eigenvalue weighted by atomic mass is 9.94. The first-order valence-electron chi connectivity index (χ1n) is 6.54. The van der Waals surface area contributed by atoms with Crippen LogP contribution in [0.5, 0.6) is 0 Å². The van der Waals surface area contributed by atoms with E-state index in [0.29, 0.717) is 23.8 Å². The first kappa shape index (κ1) is 12.2. The molecular formula is C13H16N2O4. The summed E-state index contributed by atoms with van der Waals surface area (Å²) in [5.41, 5.74) is 0.367. The van der Waals surface area contributed by atoms with E-state index in [1.54, 1.807) is 6.92 Å². The Morgan fingerprint density at radius 2 is 2.26 bits per heavy atom. The third-order valence-corrected chi connectivity index (χ3v) is 4.39. The highest BCUT2D eigenvalue weighted by molar-refractivity contribution is 5.97. The molecule has 3 unspecified atom stereocenters. The largest absolute Gasteiger partial charge is 0.480 e. The lowest BCUT2D eigenvalue weighted by Crippen LogP contribution is -2.43. The van der Waals surface area contributed by atoms with Gasteiger partial charge >= 0.3 is 5.97 Å². The number of hydrogen-bond acceptors (Lipinski definition) is 4. The molecule has 1 aromatic heterocycles. The van der Waals surface area contributed by atoms with Crippen LogP contribution in [-0.2, 0) is 4.79 Å². The van der Waals surface area contributed by atoms with Gasteiger partial charge in [0.25, 0.3) is 5.91 Å². The second-order valence-corrected chi connectivity index (χ2v) is 5.39.